The van der Waals surface area contributed by atoms with Crippen LogP contribution in [-0.2, 0) is 41.7 Å². The Balaban J connectivity index is 0.822. The second-order valence-electron chi connectivity index (χ2n) is 17.9. The number of nitrogens with zero attached hydrogens (tertiary/aromatic N) is 5. The van der Waals surface area contributed by atoms with Crippen molar-refractivity contribution < 1.29 is 28.7 Å². The van der Waals surface area contributed by atoms with Gasteiger partial charge in [-0.1, -0.05) is 103 Å². The van der Waals surface area contributed by atoms with Crippen molar-refractivity contribution in [1.82, 2.24) is 19.6 Å². The predicted molar refractivity (Wildman–Crippen MR) is 259 cm³/mol. The number of nitrogens with one attached hydrogen (secondary N) is 2. The van der Waals surface area contributed by atoms with Gasteiger partial charge < -0.3 is 34.8 Å². The fourth-order valence-corrected chi connectivity index (χ4v) is 10.0. The smallest absolute Gasteiger partial charge is 0.247 e. The quantitative estimate of drug-likeness (QED) is 0.115. The molecule has 0 aliphatic carbocycles. The van der Waals surface area contributed by atoms with Gasteiger partial charge in [-0.25, -0.2) is 0 Å². The molecule has 9 rings (SSSR count). The number of rotatable bonds is 15. The molecule has 0 spiro atoms. The molecule has 67 heavy (non-hydrogen) atoms. The highest BCUT2D eigenvalue weighted by atomic mass is 16.5. The van der Waals surface area contributed by atoms with Crippen LogP contribution in [0, 0.1) is 0 Å². The van der Waals surface area contributed by atoms with Crippen LogP contribution in [0.15, 0.2) is 140 Å². The molecule has 13 heteroatoms. The van der Waals surface area contributed by atoms with E-state index in [0.717, 1.165) is 40.8 Å². The summed E-state index contributed by atoms with van der Waals surface area (Å²) in [7, 11) is 0. The first-order valence-electron chi connectivity index (χ1n) is 23.8. The van der Waals surface area contributed by atoms with E-state index >= 15 is 0 Å². The highest BCUT2D eigenvalue weighted by molar-refractivity contribution is 5.99. The van der Waals surface area contributed by atoms with Crippen molar-refractivity contribution in [3.63, 3.8) is 0 Å². The molecule has 0 unspecified atom stereocenters. The van der Waals surface area contributed by atoms with Crippen molar-refractivity contribution in [1.29, 1.82) is 0 Å². The first-order chi connectivity index (χ1) is 32.9. The Bertz CT molecular complexity index is 2260. The van der Waals surface area contributed by atoms with E-state index in [4.69, 9.17) is 9.47 Å². The van der Waals surface area contributed by atoms with Crippen LogP contribution in [0.1, 0.15) is 60.0 Å². The lowest BCUT2D eigenvalue weighted by molar-refractivity contribution is -0.143. The second kappa shape index (κ2) is 21.9. The minimum absolute atomic E-state index is 0.0392. The molecule has 13 nitrogen and oxygen atoms in total. The maximum Gasteiger partial charge on any atom is 0.247 e. The normalized spacial score (nSPS) is 19.9. The van der Waals surface area contributed by atoms with Crippen LogP contribution in [0.5, 0.6) is 0 Å². The van der Waals surface area contributed by atoms with Gasteiger partial charge in [0, 0.05) is 69.4 Å². The summed E-state index contributed by atoms with van der Waals surface area (Å²) in [5.41, 5.74) is 6.43. The number of carbonyl (C=O) groups is 4. The summed E-state index contributed by atoms with van der Waals surface area (Å²) >= 11 is 0. The molecular weight excluding hydrogens is 843 g/mol. The van der Waals surface area contributed by atoms with E-state index in [9.17, 15) is 19.2 Å². The van der Waals surface area contributed by atoms with Gasteiger partial charge in [-0.15, -0.1) is 0 Å². The van der Waals surface area contributed by atoms with Gasteiger partial charge in [0.1, 0.15) is 24.2 Å². The van der Waals surface area contributed by atoms with E-state index in [1.165, 1.54) is 0 Å². The van der Waals surface area contributed by atoms with Crippen molar-refractivity contribution in [2.75, 3.05) is 81.2 Å². The van der Waals surface area contributed by atoms with Crippen LogP contribution in [0.25, 0.3) is 0 Å². The van der Waals surface area contributed by atoms with Crippen molar-refractivity contribution in [2.24, 2.45) is 0 Å². The lowest BCUT2D eigenvalue weighted by atomic mass is 10.0. The van der Waals surface area contributed by atoms with Crippen molar-refractivity contribution in [3.8, 4) is 0 Å². The van der Waals surface area contributed by atoms with Crippen molar-refractivity contribution in [2.45, 2.75) is 62.9 Å². The van der Waals surface area contributed by atoms with Gasteiger partial charge in [-0.3, -0.25) is 29.0 Å². The Morgan fingerprint density at radius 1 is 0.493 bits per heavy atom. The van der Waals surface area contributed by atoms with Crippen LogP contribution in [0.3, 0.4) is 0 Å². The van der Waals surface area contributed by atoms with Crippen molar-refractivity contribution >= 4 is 40.7 Å². The zero-order valence-corrected chi connectivity index (χ0v) is 38.1. The SMILES string of the molecule is O=C(Nc1ccc(CN(Cc2ccc(NC(=O)[C@@H]3CCCN3C(=O)[C@@H](c3ccccc3)N3CCOCC3)cc2)c2ccccc2)cc1)[C@@H]1CCCN1C(=O)[C@@H](c1ccccc1)N1CCOCC1. The molecule has 4 atom stereocenters. The number of para-hydroxylation sites is 1. The van der Waals surface area contributed by atoms with E-state index < -0.39 is 24.2 Å². The van der Waals surface area contributed by atoms with Gasteiger partial charge in [0.05, 0.1) is 26.4 Å². The monoisotopic (exact) mass is 903 g/mol. The van der Waals surface area contributed by atoms with Crippen LogP contribution < -0.4 is 15.5 Å². The molecule has 2 N–H and O–H groups in total. The predicted octanol–water partition coefficient (Wildman–Crippen LogP) is 6.90. The van der Waals surface area contributed by atoms with E-state index in [1.54, 1.807) is 9.80 Å². The summed E-state index contributed by atoms with van der Waals surface area (Å²) in [5.74, 6) is -0.426. The number of hydrogen-bond acceptors (Lipinski definition) is 9. The molecule has 4 aliphatic rings. The Morgan fingerprint density at radius 2 is 0.866 bits per heavy atom. The average molecular weight is 904 g/mol. The minimum Gasteiger partial charge on any atom is -0.379 e. The second-order valence-corrected chi connectivity index (χ2v) is 17.9. The number of amides is 4. The van der Waals surface area contributed by atoms with Gasteiger partial charge in [0.2, 0.25) is 23.6 Å². The maximum atomic E-state index is 14.3. The molecule has 5 aromatic carbocycles. The average Bonchev–Trinajstić information content (AvgIpc) is 4.09. The minimum atomic E-state index is -0.549. The molecule has 0 aromatic heterocycles. The first-order valence-corrected chi connectivity index (χ1v) is 23.8. The summed E-state index contributed by atoms with van der Waals surface area (Å²) in [6, 6.07) is 43.8. The molecule has 4 fully saturated rings. The topological polar surface area (TPSA) is 127 Å². The first kappa shape index (κ1) is 45.8. The standard InChI is InChI=1S/C54H61N7O6/c62-51(47-18-10-28-60(47)53(64)49(42-12-4-1-5-13-42)57-30-34-66-35-31-57)55-44-24-20-40(21-25-44)38-59(46-16-8-3-9-17-46)39-41-22-26-45(27-23-41)56-52(63)48-19-11-29-61(48)54(65)50(43-14-6-2-7-15-43)58-32-36-67-37-33-58/h1-9,12-17,20-27,47-50H,10-11,18-19,28-39H2,(H,55,62)(H,56,63)/t47-,48-,49+,50+/m0/s1. The maximum absolute atomic E-state index is 14.3. The van der Waals surface area contributed by atoms with Gasteiger partial charge in [-0.05, 0) is 84.3 Å². The van der Waals surface area contributed by atoms with Gasteiger partial charge in [0.15, 0.2) is 0 Å². The summed E-state index contributed by atoms with van der Waals surface area (Å²) in [6.07, 6.45) is 2.77. The van der Waals surface area contributed by atoms with Gasteiger partial charge in [-0.2, -0.15) is 0 Å². The van der Waals surface area contributed by atoms with Crippen LogP contribution in [0.2, 0.25) is 0 Å². The van der Waals surface area contributed by atoms with Gasteiger partial charge >= 0.3 is 0 Å². The number of carbonyl (C=O) groups excluding carboxylic acids is 4. The number of benzene rings is 5. The highest BCUT2D eigenvalue weighted by Gasteiger charge is 2.42. The third kappa shape index (κ3) is 11.1. The van der Waals surface area contributed by atoms with E-state index in [2.05, 4.69) is 37.5 Å². The number of ether oxygens (including phenoxy) is 2. The molecule has 4 amide bonds. The largest absolute Gasteiger partial charge is 0.379 e. The molecule has 348 valence electrons. The summed E-state index contributed by atoms with van der Waals surface area (Å²) < 4.78 is 11.2. The molecule has 4 aliphatic heterocycles. The Hall–Kier alpha value is -6.38. The zero-order valence-electron chi connectivity index (χ0n) is 38.1. The lowest BCUT2D eigenvalue weighted by Crippen LogP contribution is -2.50. The number of anilines is 3. The van der Waals surface area contributed by atoms with Crippen LogP contribution in [0.4, 0.5) is 17.1 Å². The molecule has 0 saturated carbocycles. The molecule has 0 radical (unpaired) electrons. The van der Waals surface area contributed by atoms with Crippen molar-refractivity contribution in [3.05, 3.63) is 162 Å². The highest BCUT2D eigenvalue weighted by Crippen LogP contribution is 2.32. The van der Waals surface area contributed by atoms with E-state index in [-0.39, 0.29) is 23.6 Å². The third-order valence-corrected chi connectivity index (χ3v) is 13.5. The number of likely N-dealkylation sites (tertiary alicyclic amines) is 2. The number of hydrogen-bond donors (Lipinski definition) is 2. The lowest BCUT2D eigenvalue weighted by Gasteiger charge is -2.37. The zero-order chi connectivity index (χ0) is 46.0. The Labute approximate surface area is 393 Å². The summed E-state index contributed by atoms with van der Waals surface area (Å²) in [4.78, 5) is 66.4. The fourth-order valence-electron chi connectivity index (χ4n) is 10.0. The third-order valence-electron chi connectivity index (χ3n) is 13.5. The number of morpholine rings is 2. The molecule has 5 aromatic rings. The summed E-state index contributed by atoms with van der Waals surface area (Å²) in [5, 5.41) is 6.23. The van der Waals surface area contributed by atoms with Crippen LogP contribution >= 0.6 is 0 Å². The van der Waals surface area contributed by atoms with E-state index in [0.29, 0.717) is 103 Å². The Kier molecular flexibility index (Phi) is 15.0. The summed E-state index contributed by atoms with van der Waals surface area (Å²) in [6.45, 7) is 7.27. The molecule has 4 saturated heterocycles. The molecule has 4 heterocycles. The van der Waals surface area contributed by atoms with Gasteiger partial charge in [0.25, 0.3) is 0 Å². The molecular formula is C54H61N7O6. The molecule has 0 bridgehead atoms. The Morgan fingerprint density at radius 3 is 1.25 bits per heavy atom. The van der Waals surface area contributed by atoms with E-state index in [1.807, 2.05) is 127 Å². The fraction of sp³-hybridized carbons (Fsp3) is 0.370. The van der Waals surface area contributed by atoms with Crippen LogP contribution in [-0.4, -0.2) is 121 Å².